The predicted octanol–water partition coefficient (Wildman–Crippen LogP) is 2.90. The second kappa shape index (κ2) is 6.37. The Morgan fingerprint density at radius 1 is 1.47 bits per heavy atom. The van der Waals surface area contributed by atoms with E-state index >= 15 is 0 Å². The maximum Gasteiger partial charge on any atom is 0.222 e. The van der Waals surface area contributed by atoms with Gasteiger partial charge in [0.2, 0.25) is 5.91 Å². The van der Waals surface area contributed by atoms with Crippen LogP contribution >= 0.6 is 11.6 Å². The molecule has 88 valence electrons. The number of amides is 1. The lowest BCUT2D eigenvalue weighted by atomic mass is 9.97. The number of piperidine rings is 1. The van der Waals surface area contributed by atoms with E-state index in [1.807, 2.05) is 4.90 Å². The fourth-order valence-corrected chi connectivity index (χ4v) is 2.22. The Morgan fingerprint density at radius 2 is 2.07 bits per heavy atom. The molecule has 0 aromatic rings. The predicted molar refractivity (Wildman–Crippen MR) is 64.1 cm³/mol. The quantitative estimate of drug-likeness (QED) is 0.682. The maximum absolute atomic E-state index is 11.9. The van der Waals surface area contributed by atoms with Gasteiger partial charge in [0.15, 0.2) is 0 Å². The number of likely N-dealkylation sites (tertiary alicyclic amines) is 1. The highest BCUT2D eigenvalue weighted by Gasteiger charge is 2.22. The molecule has 0 saturated carbocycles. The van der Waals surface area contributed by atoms with Gasteiger partial charge < -0.3 is 4.90 Å². The van der Waals surface area contributed by atoms with Gasteiger partial charge in [-0.25, -0.2) is 0 Å². The summed E-state index contributed by atoms with van der Waals surface area (Å²) in [4.78, 5) is 13.9. The largest absolute Gasteiger partial charge is 0.343 e. The van der Waals surface area contributed by atoms with Gasteiger partial charge in [-0.1, -0.05) is 20.3 Å². The molecule has 15 heavy (non-hydrogen) atoms. The summed E-state index contributed by atoms with van der Waals surface area (Å²) in [5, 5.41) is 0. The Bertz CT molecular complexity index is 200. The van der Waals surface area contributed by atoms with E-state index < -0.39 is 0 Å². The third-order valence-corrected chi connectivity index (χ3v) is 3.84. The first-order valence-electron chi connectivity index (χ1n) is 6.01. The molecule has 1 atom stereocenters. The van der Waals surface area contributed by atoms with Crippen molar-refractivity contribution in [2.45, 2.75) is 39.5 Å². The first-order chi connectivity index (χ1) is 7.17. The van der Waals surface area contributed by atoms with Crippen LogP contribution in [0.5, 0.6) is 0 Å². The molecule has 0 bridgehead atoms. The summed E-state index contributed by atoms with van der Waals surface area (Å²) >= 11 is 5.81. The molecule has 1 amide bonds. The lowest BCUT2D eigenvalue weighted by molar-refractivity contribution is -0.133. The van der Waals surface area contributed by atoms with Crippen molar-refractivity contribution < 1.29 is 4.79 Å². The van der Waals surface area contributed by atoms with Gasteiger partial charge in [-0.15, -0.1) is 11.6 Å². The molecule has 1 unspecified atom stereocenters. The molecule has 0 radical (unpaired) electrons. The van der Waals surface area contributed by atoms with Crippen molar-refractivity contribution in [2.75, 3.05) is 19.0 Å². The SMILES string of the molecule is CCC(C)CC(=O)N1CCC(CCl)CC1. The highest BCUT2D eigenvalue weighted by Crippen LogP contribution is 2.20. The number of carbonyl (C=O) groups excluding carboxylic acids is 1. The van der Waals surface area contributed by atoms with Gasteiger partial charge in [0.05, 0.1) is 0 Å². The van der Waals surface area contributed by atoms with Crippen LogP contribution in [0.15, 0.2) is 0 Å². The number of hydrogen-bond acceptors (Lipinski definition) is 1. The molecule has 0 aliphatic carbocycles. The molecule has 1 heterocycles. The van der Waals surface area contributed by atoms with E-state index in [9.17, 15) is 4.79 Å². The molecule has 3 heteroatoms. The molecule has 1 aliphatic heterocycles. The van der Waals surface area contributed by atoms with Crippen LogP contribution in [-0.4, -0.2) is 29.8 Å². The highest BCUT2D eigenvalue weighted by atomic mass is 35.5. The van der Waals surface area contributed by atoms with Gasteiger partial charge in [-0.2, -0.15) is 0 Å². The summed E-state index contributed by atoms with van der Waals surface area (Å²) in [6.07, 6.45) is 3.96. The summed E-state index contributed by atoms with van der Waals surface area (Å²) in [6, 6.07) is 0. The molecule has 0 spiro atoms. The van der Waals surface area contributed by atoms with E-state index in [0.717, 1.165) is 38.2 Å². The van der Waals surface area contributed by atoms with E-state index in [4.69, 9.17) is 11.6 Å². The minimum absolute atomic E-state index is 0.331. The zero-order chi connectivity index (χ0) is 11.3. The van der Waals surface area contributed by atoms with Gasteiger partial charge in [0, 0.05) is 25.4 Å². The highest BCUT2D eigenvalue weighted by molar-refractivity contribution is 6.18. The first kappa shape index (κ1) is 12.8. The minimum atomic E-state index is 0.331. The zero-order valence-electron chi connectivity index (χ0n) is 9.84. The Kier molecular flexibility index (Phi) is 5.44. The van der Waals surface area contributed by atoms with E-state index in [-0.39, 0.29) is 0 Å². The summed E-state index contributed by atoms with van der Waals surface area (Å²) in [5.74, 6) is 2.22. The molecule has 1 aliphatic rings. The van der Waals surface area contributed by atoms with E-state index in [1.165, 1.54) is 0 Å². The van der Waals surface area contributed by atoms with Crippen molar-refractivity contribution in [3.05, 3.63) is 0 Å². The normalized spacial score (nSPS) is 20.3. The van der Waals surface area contributed by atoms with Crippen molar-refractivity contribution in [2.24, 2.45) is 11.8 Å². The van der Waals surface area contributed by atoms with Crippen molar-refractivity contribution in [1.29, 1.82) is 0 Å². The molecule has 0 aromatic heterocycles. The van der Waals surface area contributed by atoms with Crippen molar-refractivity contribution >= 4 is 17.5 Å². The molecule has 0 aromatic carbocycles. The monoisotopic (exact) mass is 231 g/mol. The number of alkyl halides is 1. The zero-order valence-corrected chi connectivity index (χ0v) is 10.6. The smallest absolute Gasteiger partial charge is 0.222 e. The average Bonchev–Trinajstić information content (AvgIpc) is 2.29. The summed E-state index contributed by atoms with van der Waals surface area (Å²) in [5.41, 5.74) is 0. The fourth-order valence-electron chi connectivity index (χ4n) is 1.91. The molecule has 2 nitrogen and oxygen atoms in total. The maximum atomic E-state index is 11.9. The van der Waals surface area contributed by atoms with Crippen molar-refractivity contribution in [3.8, 4) is 0 Å². The van der Waals surface area contributed by atoms with Crippen molar-refractivity contribution in [3.63, 3.8) is 0 Å². The fraction of sp³-hybridized carbons (Fsp3) is 0.917. The number of hydrogen-bond donors (Lipinski definition) is 0. The number of halogens is 1. The Labute approximate surface area is 98.0 Å². The van der Waals surface area contributed by atoms with Crippen LogP contribution in [0.1, 0.15) is 39.5 Å². The Morgan fingerprint density at radius 3 is 2.53 bits per heavy atom. The van der Waals surface area contributed by atoms with Crippen LogP contribution in [0.3, 0.4) is 0 Å². The number of rotatable bonds is 4. The van der Waals surface area contributed by atoms with Gasteiger partial charge in [-0.05, 0) is 24.7 Å². The molecular formula is C12H22ClNO. The molecular weight excluding hydrogens is 210 g/mol. The third kappa shape index (κ3) is 4.02. The van der Waals surface area contributed by atoms with Crippen LogP contribution in [-0.2, 0) is 4.79 Å². The lowest BCUT2D eigenvalue weighted by Crippen LogP contribution is -2.39. The third-order valence-electron chi connectivity index (χ3n) is 3.41. The van der Waals surface area contributed by atoms with E-state index in [1.54, 1.807) is 0 Å². The second-order valence-electron chi connectivity index (χ2n) is 4.70. The van der Waals surface area contributed by atoms with Gasteiger partial charge >= 0.3 is 0 Å². The van der Waals surface area contributed by atoms with Crippen LogP contribution in [0, 0.1) is 11.8 Å². The molecule has 1 rings (SSSR count). The van der Waals surface area contributed by atoms with Gasteiger partial charge in [0.1, 0.15) is 0 Å². The lowest BCUT2D eigenvalue weighted by Gasteiger charge is -2.31. The summed E-state index contributed by atoms with van der Waals surface area (Å²) < 4.78 is 0. The van der Waals surface area contributed by atoms with Gasteiger partial charge in [0.25, 0.3) is 0 Å². The van der Waals surface area contributed by atoms with E-state index in [2.05, 4.69) is 13.8 Å². The van der Waals surface area contributed by atoms with Crippen LogP contribution < -0.4 is 0 Å². The minimum Gasteiger partial charge on any atom is -0.343 e. The Balaban J connectivity index is 2.30. The first-order valence-corrected chi connectivity index (χ1v) is 6.54. The summed E-state index contributed by atoms with van der Waals surface area (Å²) in [6.45, 7) is 6.10. The second-order valence-corrected chi connectivity index (χ2v) is 5.00. The van der Waals surface area contributed by atoms with E-state index in [0.29, 0.717) is 24.2 Å². The Hall–Kier alpha value is -0.240. The van der Waals surface area contributed by atoms with Gasteiger partial charge in [-0.3, -0.25) is 4.79 Å². The molecule has 0 N–H and O–H groups in total. The number of nitrogens with zero attached hydrogens (tertiary/aromatic N) is 1. The summed E-state index contributed by atoms with van der Waals surface area (Å²) in [7, 11) is 0. The molecule has 1 fully saturated rings. The van der Waals surface area contributed by atoms with Crippen LogP contribution in [0.4, 0.5) is 0 Å². The average molecular weight is 232 g/mol. The molecule has 1 saturated heterocycles. The number of carbonyl (C=O) groups is 1. The standard InChI is InChI=1S/C12H22ClNO/c1-3-10(2)8-12(15)14-6-4-11(9-13)5-7-14/h10-11H,3-9H2,1-2H3. The van der Waals surface area contributed by atoms with Crippen LogP contribution in [0.2, 0.25) is 0 Å². The van der Waals surface area contributed by atoms with Crippen molar-refractivity contribution in [1.82, 2.24) is 4.90 Å². The van der Waals surface area contributed by atoms with Crippen LogP contribution in [0.25, 0.3) is 0 Å². The topological polar surface area (TPSA) is 20.3 Å².